The van der Waals surface area contributed by atoms with E-state index in [4.69, 9.17) is 21.1 Å². The van der Waals surface area contributed by atoms with Gasteiger partial charge in [-0.2, -0.15) is 18.3 Å². The maximum atomic E-state index is 13.0. The molecule has 8 nitrogen and oxygen atoms in total. The molecule has 1 N–H and O–H groups in total. The SMILES string of the molecule is CCCOC(=O)c1c(NC(=O)CCn2nc(C(F)(F)F)c(Cl)c2C)sc(C(=O)OCC)c1C. The molecule has 0 aromatic carbocycles. The summed E-state index contributed by atoms with van der Waals surface area (Å²) in [5.74, 6) is -1.96. The van der Waals surface area contributed by atoms with E-state index < -0.39 is 34.7 Å². The van der Waals surface area contributed by atoms with Crippen LogP contribution in [0.4, 0.5) is 18.2 Å². The first-order valence-corrected chi connectivity index (χ1v) is 11.2. The Morgan fingerprint density at radius 3 is 2.36 bits per heavy atom. The van der Waals surface area contributed by atoms with Crippen LogP contribution in [0.1, 0.15) is 63.7 Å². The van der Waals surface area contributed by atoms with Crippen molar-refractivity contribution in [3.05, 3.63) is 32.4 Å². The number of anilines is 1. The van der Waals surface area contributed by atoms with Crippen molar-refractivity contribution in [2.45, 2.75) is 53.3 Å². The third-order valence-electron chi connectivity index (χ3n) is 4.45. The van der Waals surface area contributed by atoms with Gasteiger partial charge in [-0.25, -0.2) is 9.59 Å². The molecular weight excluding hydrogens is 487 g/mol. The Kier molecular flexibility index (Phi) is 8.89. The number of carbonyl (C=O) groups is 3. The molecule has 0 unspecified atom stereocenters. The van der Waals surface area contributed by atoms with Crippen LogP contribution in [0.5, 0.6) is 0 Å². The third kappa shape index (κ3) is 6.26. The highest BCUT2D eigenvalue weighted by atomic mass is 35.5. The van der Waals surface area contributed by atoms with E-state index in [2.05, 4.69) is 10.4 Å². The van der Waals surface area contributed by atoms with Crippen molar-refractivity contribution < 1.29 is 37.0 Å². The lowest BCUT2D eigenvalue weighted by molar-refractivity contribution is -0.141. The van der Waals surface area contributed by atoms with Crippen molar-refractivity contribution in [2.75, 3.05) is 18.5 Å². The average molecular weight is 510 g/mol. The van der Waals surface area contributed by atoms with Gasteiger partial charge in [0.1, 0.15) is 9.88 Å². The van der Waals surface area contributed by atoms with Crippen LogP contribution < -0.4 is 5.32 Å². The van der Waals surface area contributed by atoms with Crippen molar-refractivity contribution >= 4 is 45.8 Å². The first-order valence-electron chi connectivity index (χ1n) is 9.99. The van der Waals surface area contributed by atoms with E-state index in [1.807, 2.05) is 6.92 Å². The number of nitrogens with zero attached hydrogens (tertiary/aromatic N) is 2. The Hall–Kier alpha value is -2.60. The van der Waals surface area contributed by atoms with E-state index in [0.29, 0.717) is 12.0 Å². The summed E-state index contributed by atoms with van der Waals surface area (Å²) < 4.78 is 50.1. The minimum atomic E-state index is -4.72. The molecule has 13 heteroatoms. The zero-order valence-electron chi connectivity index (χ0n) is 18.4. The Morgan fingerprint density at radius 1 is 1.15 bits per heavy atom. The summed E-state index contributed by atoms with van der Waals surface area (Å²) in [4.78, 5) is 37.4. The molecule has 0 aliphatic rings. The van der Waals surface area contributed by atoms with Crippen molar-refractivity contribution in [3.63, 3.8) is 0 Å². The number of nitrogens with one attached hydrogen (secondary N) is 1. The fraction of sp³-hybridized carbons (Fsp3) is 0.500. The zero-order chi connectivity index (χ0) is 24.9. The van der Waals surface area contributed by atoms with Crippen LogP contribution in [0.2, 0.25) is 5.02 Å². The number of ether oxygens (including phenoxy) is 2. The molecule has 0 saturated heterocycles. The number of halogens is 4. The molecule has 2 aromatic heterocycles. The van der Waals surface area contributed by atoms with Gasteiger partial charge in [-0.15, -0.1) is 11.3 Å². The Bertz CT molecular complexity index is 1050. The molecule has 2 rings (SSSR count). The first-order chi connectivity index (χ1) is 15.4. The van der Waals surface area contributed by atoms with E-state index >= 15 is 0 Å². The number of esters is 2. The molecule has 2 aromatic rings. The number of aromatic nitrogens is 2. The molecule has 0 atom stereocenters. The van der Waals surface area contributed by atoms with Crippen LogP contribution >= 0.6 is 22.9 Å². The molecule has 33 heavy (non-hydrogen) atoms. The lowest BCUT2D eigenvalue weighted by atomic mass is 10.1. The van der Waals surface area contributed by atoms with E-state index in [-0.39, 0.29) is 47.3 Å². The smallest absolute Gasteiger partial charge is 0.436 e. The zero-order valence-corrected chi connectivity index (χ0v) is 20.0. The summed E-state index contributed by atoms with van der Waals surface area (Å²) in [7, 11) is 0. The number of hydrogen-bond donors (Lipinski definition) is 1. The largest absolute Gasteiger partial charge is 0.462 e. The van der Waals surface area contributed by atoms with Crippen molar-refractivity contribution in [1.29, 1.82) is 0 Å². The van der Waals surface area contributed by atoms with Crippen molar-refractivity contribution in [2.24, 2.45) is 0 Å². The Morgan fingerprint density at radius 2 is 1.82 bits per heavy atom. The van der Waals surface area contributed by atoms with Gasteiger partial charge >= 0.3 is 18.1 Å². The highest BCUT2D eigenvalue weighted by molar-refractivity contribution is 7.18. The van der Waals surface area contributed by atoms with Gasteiger partial charge in [0.2, 0.25) is 5.91 Å². The maximum Gasteiger partial charge on any atom is 0.436 e. The first kappa shape index (κ1) is 26.7. The summed E-state index contributed by atoms with van der Waals surface area (Å²) in [6.07, 6.45) is -4.40. The van der Waals surface area contributed by atoms with Crippen molar-refractivity contribution in [3.8, 4) is 0 Å². The second kappa shape index (κ2) is 11.0. The normalized spacial score (nSPS) is 11.4. The summed E-state index contributed by atoms with van der Waals surface area (Å²) >= 11 is 6.58. The highest BCUT2D eigenvalue weighted by Gasteiger charge is 2.38. The van der Waals surface area contributed by atoms with Crippen molar-refractivity contribution in [1.82, 2.24) is 9.78 Å². The van der Waals surface area contributed by atoms with E-state index in [1.165, 1.54) is 13.8 Å². The molecule has 0 bridgehead atoms. The van der Waals surface area contributed by atoms with Crippen LogP contribution in [0.25, 0.3) is 0 Å². The average Bonchev–Trinajstić information content (AvgIpc) is 3.21. The van der Waals surface area contributed by atoms with Gasteiger partial charge in [-0.3, -0.25) is 9.48 Å². The number of hydrogen-bond acceptors (Lipinski definition) is 7. The topological polar surface area (TPSA) is 99.5 Å². The number of amides is 1. The molecule has 182 valence electrons. The fourth-order valence-electron chi connectivity index (χ4n) is 2.83. The third-order valence-corrected chi connectivity index (χ3v) is 6.09. The van der Waals surface area contributed by atoms with Gasteiger partial charge in [-0.05, 0) is 32.8 Å². The van der Waals surface area contributed by atoms with E-state index in [1.54, 1.807) is 6.92 Å². The monoisotopic (exact) mass is 509 g/mol. The molecule has 0 fully saturated rings. The van der Waals surface area contributed by atoms with Crippen LogP contribution in [0, 0.1) is 13.8 Å². The molecule has 0 saturated carbocycles. The predicted octanol–water partition coefficient (Wildman–Crippen LogP) is 5.01. The summed E-state index contributed by atoms with van der Waals surface area (Å²) in [6.45, 7) is 6.43. The molecule has 0 aliphatic heterocycles. The lowest BCUT2D eigenvalue weighted by Crippen LogP contribution is -2.17. The molecule has 0 radical (unpaired) electrons. The molecule has 1 amide bonds. The van der Waals surface area contributed by atoms with E-state index in [0.717, 1.165) is 16.0 Å². The number of aryl methyl sites for hydroxylation is 1. The predicted molar refractivity (Wildman–Crippen MR) is 116 cm³/mol. The fourth-order valence-corrected chi connectivity index (χ4v) is 4.17. The second-order valence-electron chi connectivity index (χ2n) is 6.88. The Labute approximate surface area is 197 Å². The van der Waals surface area contributed by atoms with Gasteiger partial charge < -0.3 is 14.8 Å². The summed E-state index contributed by atoms with van der Waals surface area (Å²) in [5.41, 5.74) is -0.824. The minimum absolute atomic E-state index is 0.0301. The molecule has 0 aliphatic carbocycles. The van der Waals surface area contributed by atoms with Gasteiger partial charge in [0.15, 0.2) is 5.69 Å². The summed E-state index contributed by atoms with van der Waals surface area (Å²) in [5, 5.41) is 5.55. The highest BCUT2D eigenvalue weighted by Crippen LogP contribution is 2.36. The maximum absolute atomic E-state index is 13.0. The quantitative estimate of drug-likeness (QED) is 0.477. The number of rotatable bonds is 9. The van der Waals surface area contributed by atoms with Crippen LogP contribution in [0.15, 0.2) is 0 Å². The molecular formula is C20H23ClF3N3O5S. The second-order valence-corrected chi connectivity index (χ2v) is 8.28. The van der Waals surface area contributed by atoms with Gasteiger partial charge in [0, 0.05) is 6.42 Å². The lowest BCUT2D eigenvalue weighted by Gasteiger charge is -2.08. The van der Waals surface area contributed by atoms with Crippen LogP contribution in [-0.2, 0) is 27.0 Å². The number of thiophene rings is 1. The molecule has 2 heterocycles. The summed E-state index contributed by atoms with van der Waals surface area (Å²) in [6, 6.07) is 0. The molecule has 0 spiro atoms. The van der Waals surface area contributed by atoms with Gasteiger partial charge in [-0.1, -0.05) is 18.5 Å². The standard InChI is InChI=1S/C20H23ClF3N3O5S/c1-5-9-32-18(29)13-10(3)15(19(30)31-6-2)33-17(13)25-12(28)7-8-27-11(4)14(21)16(26-27)20(22,23)24/h5-9H2,1-4H3,(H,25,28). The van der Waals surface area contributed by atoms with Crippen LogP contribution in [-0.4, -0.2) is 40.8 Å². The van der Waals surface area contributed by atoms with Gasteiger partial charge in [0.05, 0.1) is 36.0 Å². The van der Waals surface area contributed by atoms with E-state index in [9.17, 15) is 27.6 Å². The minimum Gasteiger partial charge on any atom is -0.462 e. The van der Waals surface area contributed by atoms with Gasteiger partial charge in [0.25, 0.3) is 0 Å². The number of alkyl halides is 3. The Balaban J connectivity index is 2.23. The van der Waals surface area contributed by atoms with Crippen LogP contribution in [0.3, 0.4) is 0 Å². The number of carbonyl (C=O) groups excluding carboxylic acids is 3.